The van der Waals surface area contributed by atoms with E-state index >= 15 is 0 Å². The predicted molar refractivity (Wildman–Crippen MR) is 108 cm³/mol. The lowest BCUT2D eigenvalue weighted by atomic mass is 10.1. The molecule has 2 aromatic rings. The number of sulfone groups is 1. The quantitative estimate of drug-likeness (QED) is 0.643. The van der Waals surface area contributed by atoms with Crippen molar-refractivity contribution in [1.29, 1.82) is 0 Å². The van der Waals surface area contributed by atoms with Gasteiger partial charge in [-0.05, 0) is 54.4 Å². The van der Waals surface area contributed by atoms with Crippen LogP contribution < -0.4 is 4.74 Å². The third-order valence-electron chi connectivity index (χ3n) is 4.63. The maximum Gasteiger partial charge on any atom is 0.222 e. The van der Waals surface area contributed by atoms with Gasteiger partial charge in [-0.1, -0.05) is 27.5 Å². The van der Waals surface area contributed by atoms with Crippen molar-refractivity contribution in [3.05, 3.63) is 57.5 Å². The number of likely N-dealkylation sites (tertiary alicyclic amines) is 1. The van der Waals surface area contributed by atoms with Crippen LogP contribution in [0.5, 0.6) is 5.75 Å². The first-order valence-corrected chi connectivity index (χ1v) is 11.1. The van der Waals surface area contributed by atoms with Gasteiger partial charge < -0.3 is 9.64 Å². The number of carbonyl (C=O) groups excluding carboxylic acids is 1. The fraction of sp³-hybridized carbons (Fsp3) is 0.316. The van der Waals surface area contributed by atoms with E-state index in [0.29, 0.717) is 17.9 Å². The third-order valence-corrected chi connectivity index (χ3v) is 7.48. The van der Waals surface area contributed by atoms with Gasteiger partial charge in [-0.2, -0.15) is 0 Å². The molecular formula is C19H19BrClNO4S. The SMILES string of the molecule is COc1ccc(Br)cc1CCC(=O)N1CC(S(=O)(=O)c2ccc(Cl)cc2)C1. The number of aryl methyl sites for hydroxylation is 1. The number of hydrogen-bond donors (Lipinski definition) is 0. The first-order valence-electron chi connectivity index (χ1n) is 8.41. The molecule has 5 nitrogen and oxygen atoms in total. The zero-order valence-corrected chi connectivity index (χ0v) is 17.9. The molecule has 0 unspecified atom stereocenters. The minimum atomic E-state index is -3.45. The van der Waals surface area contributed by atoms with Crippen LogP contribution in [-0.2, 0) is 21.1 Å². The van der Waals surface area contributed by atoms with Crippen LogP contribution in [-0.4, -0.2) is 44.7 Å². The van der Waals surface area contributed by atoms with Crippen LogP contribution in [0.3, 0.4) is 0 Å². The van der Waals surface area contributed by atoms with E-state index < -0.39 is 15.1 Å². The van der Waals surface area contributed by atoms with Crippen molar-refractivity contribution in [1.82, 2.24) is 4.90 Å². The normalized spacial score (nSPS) is 14.7. The van der Waals surface area contributed by atoms with E-state index in [2.05, 4.69) is 15.9 Å². The van der Waals surface area contributed by atoms with Gasteiger partial charge in [-0.25, -0.2) is 8.42 Å². The summed E-state index contributed by atoms with van der Waals surface area (Å²) in [5.41, 5.74) is 0.936. The molecule has 1 amide bonds. The molecule has 144 valence electrons. The summed E-state index contributed by atoms with van der Waals surface area (Å²) in [6, 6.07) is 11.8. The summed E-state index contributed by atoms with van der Waals surface area (Å²) in [5.74, 6) is 0.678. The lowest BCUT2D eigenvalue weighted by molar-refractivity contribution is -0.134. The van der Waals surface area contributed by atoms with Crippen molar-refractivity contribution in [3.63, 3.8) is 0 Å². The number of rotatable bonds is 6. The number of methoxy groups -OCH3 is 1. The first-order chi connectivity index (χ1) is 12.8. The van der Waals surface area contributed by atoms with Gasteiger partial charge in [-0.3, -0.25) is 4.79 Å². The molecule has 0 radical (unpaired) electrons. The Hall–Kier alpha value is -1.57. The number of amides is 1. The number of ether oxygens (including phenoxy) is 1. The Morgan fingerprint density at radius 3 is 2.52 bits per heavy atom. The molecule has 1 aliphatic rings. The van der Waals surface area contributed by atoms with Crippen LogP contribution in [0.4, 0.5) is 0 Å². The van der Waals surface area contributed by atoms with E-state index in [1.54, 1.807) is 24.1 Å². The second kappa shape index (κ2) is 8.20. The van der Waals surface area contributed by atoms with Gasteiger partial charge in [-0.15, -0.1) is 0 Å². The molecule has 8 heteroatoms. The van der Waals surface area contributed by atoms with Gasteiger partial charge in [0.15, 0.2) is 9.84 Å². The number of halogens is 2. The van der Waals surface area contributed by atoms with Gasteiger partial charge in [0.1, 0.15) is 11.0 Å². The molecule has 3 rings (SSSR count). The number of hydrogen-bond acceptors (Lipinski definition) is 4. The second-order valence-electron chi connectivity index (χ2n) is 6.38. The Kier molecular flexibility index (Phi) is 6.13. The second-order valence-corrected chi connectivity index (χ2v) is 9.96. The van der Waals surface area contributed by atoms with Crippen LogP contribution >= 0.6 is 27.5 Å². The van der Waals surface area contributed by atoms with Gasteiger partial charge in [0.2, 0.25) is 5.91 Å². The lowest BCUT2D eigenvalue weighted by Crippen LogP contribution is -2.56. The molecule has 0 bridgehead atoms. The molecular weight excluding hydrogens is 454 g/mol. The zero-order chi connectivity index (χ0) is 19.6. The van der Waals surface area contributed by atoms with Crippen LogP contribution in [0, 0.1) is 0 Å². The van der Waals surface area contributed by atoms with Crippen molar-refractivity contribution in [2.75, 3.05) is 20.2 Å². The van der Waals surface area contributed by atoms with E-state index in [0.717, 1.165) is 15.8 Å². The highest BCUT2D eigenvalue weighted by molar-refractivity contribution is 9.10. The Morgan fingerprint density at radius 2 is 1.89 bits per heavy atom. The molecule has 0 atom stereocenters. The summed E-state index contributed by atoms with van der Waals surface area (Å²) in [5, 5.41) is -0.0784. The average molecular weight is 473 g/mol. The highest BCUT2D eigenvalue weighted by atomic mass is 79.9. The molecule has 1 aliphatic heterocycles. The first kappa shape index (κ1) is 20.2. The molecule has 0 aromatic heterocycles. The molecule has 0 aliphatic carbocycles. The summed E-state index contributed by atoms with van der Waals surface area (Å²) >= 11 is 9.23. The van der Waals surface area contributed by atoms with Crippen molar-refractivity contribution >= 4 is 43.3 Å². The molecule has 0 saturated carbocycles. The summed E-state index contributed by atoms with van der Waals surface area (Å²) in [7, 11) is -1.85. The monoisotopic (exact) mass is 471 g/mol. The van der Waals surface area contributed by atoms with Crippen LogP contribution in [0.25, 0.3) is 0 Å². The van der Waals surface area contributed by atoms with Crippen molar-refractivity contribution < 1.29 is 17.9 Å². The lowest BCUT2D eigenvalue weighted by Gasteiger charge is -2.38. The van der Waals surface area contributed by atoms with Gasteiger partial charge >= 0.3 is 0 Å². The maximum atomic E-state index is 12.6. The Bertz CT molecular complexity index is 941. The maximum absolute atomic E-state index is 12.6. The molecule has 1 saturated heterocycles. The Morgan fingerprint density at radius 1 is 1.22 bits per heavy atom. The van der Waals surface area contributed by atoms with Crippen LogP contribution in [0.15, 0.2) is 51.8 Å². The fourth-order valence-electron chi connectivity index (χ4n) is 3.00. The standard InChI is InChI=1S/C19H19BrClNO4S/c1-26-18-8-3-14(20)10-13(18)2-9-19(23)22-11-17(12-22)27(24,25)16-6-4-15(21)5-7-16/h3-8,10,17H,2,9,11-12H2,1H3. The Balaban J connectivity index is 1.57. The van der Waals surface area contributed by atoms with E-state index in [1.165, 1.54) is 12.1 Å². The van der Waals surface area contributed by atoms with Gasteiger partial charge in [0.05, 0.1) is 12.0 Å². The van der Waals surface area contributed by atoms with Crippen molar-refractivity contribution in [2.24, 2.45) is 0 Å². The smallest absolute Gasteiger partial charge is 0.222 e. The molecule has 0 N–H and O–H groups in total. The molecule has 27 heavy (non-hydrogen) atoms. The van der Waals surface area contributed by atoms with Gasteiger partial charge in [0.25, 0.3) is 0 Å². The zero-order valence-electron chi connectivity index (χ0n) is 14.7. The highest BCUT2D eigenvalue weighted by Crippen LogP contribution is 2.27. The van der Waals surface area contributed by atoms with Gasteiger partial charge in [0, 0.05) is 29.0 Å². The molecule has 1 heterocycles. The number of benzene rings is 2. The predicted octanol–water partition coefficient (Wildman–Crippen LogP) is 3.73. The Labute approximate surface area is 172 Å². The number of carbonyl (C=O) groups is 1. The topological polar surface area (TPSA) is 63.7 Å². The highest BCUT2D eigenvalue weighted by Gasteiger charge is 2.40. The summed E-state index contributed by atoms with van der Waals surface area (Å²) < 4.78 is 31.4. The third kappa shape index (κ3) is 4.47. The minimum absolute atomic E-state index is 0.0559. The van der Waals surface area contributed by atoms with E-state index in [9.17, 15) is 13.2 Å². The van der Waals surface area contributed by atoms with Crippen LogP contribution in [0.1, 0.15) is 12.0 Å². The van der Waals surface area contributed by atoms with Crippen molar-refractivity contribution in [2.45, 2.75) is 23.0 Å². The fourth-order valence-corrected chi connectivity index (χ4v) is 5.18. The molecule has 0 spiro atoms. The minimum Gasteiger partial charge on any atom is -0.496 e. The van der Waals surface area contributed by atoms with E-state index in [-0.39, 0.29) is 23.9 Å². The van der Waals surface area contributed by atoms with E-state index in [1.807, 2.05) is 18.2 Å². The average Bonchev–Trinajstić information content (AvgIpc) is 2.59. The summed E-state index contributed by atoms with van der Waals surface area (Å²) in [6.45, 7) is 0.443. The largest absolute Gasteiger partial charge is 0.496 e. The molecule has 2 aromatic carbocycles. The summed E-state index contributed by atoms with van der Waals surface area (Å²) in [6.07, 6.45) is 0.840. The van der Waals surface area contributed by atoms with Crippen LogP contribution in [0.2, 0.25) is 5.02 Å². The summed E-state index contributed by atoms with van der Waals surface area (Å²) in [4.78, 5) is 14.2. The molecule has 1 fully saturated rings. The number of nitrogens with zero attached hydrogens (tertiary/aromatic N) is 1. The van der Waals surface area contributed by atoms with E-state index in [4.69, 9.17) is 16.3 Å². The van der Waals surface area contributed by atoms with Crippen molar-refractivity contribution in [3.8, 4) is 5.75 Å².